The van der Waals surface area contributed by atoms with E-state index in [1.165, 1.54) is 22.1 Å². The van der Waals surface area contributed by atoms with Crippen LogP contribution in [0, 0.1) is 18.8 Å². The van der Waals surface area contributed by atoms with Crippen molar-refractivity contribution in [3.05, 3.63) is 28.2 Å². The second kappa shape index (κ2) is 7.15. The highest BCUT2D eigenvalue weighted by Crippen LogP contribution is 2.32. The van der Waals surface area contributed by atoms with Crippen LogP contribution in [-0.2, 0) is 0 Å². The highest BCUT2D eigenvalue weighted by molar-refractivity contribution is 9.10. The summed E-state index contributed by atoms with van der Waals surface area (Å²) in [5.41, 5.74) is 2.74. The van der Waals surface area contributed by atoms with E-state index in [1.807, 2.05) is 0 Å². The average Bonchev–Trinajstić information content (AvgIpc) is 2.48. The maximum atomic E-state index is 3.78. The molecule has 0 spiro atoms. The molecule has 1 saturated heterocycles. The number of anilines is 1. The number of piperazine rings is 1. The van der Waals surface area contributed by atoms with E-state index >= 15 is 0 Å². The maximum Gasteiger partial charge on any atom is 0.0438 e. The molecule has 0 bridgehead atoms. The Balaban J connectivity index is 2.31. The van der Waals surface area contributed by atoms with Gasteiger partial charge in [-0.05, 0) is 36.5 Å². The standard InChI is InChI=1S/C18H29BrN2/c1-6-13(4)16-11-21(18(10-20-16)12(2)3)17-9-7-8-15(19)14(17)5/h7-9,12-13,16,18,20H,6,10-11H2,1-5H3. The Morgan fingerprint density at radius 2 is 2.05 bits per heavy atom. The minimum Gasteiger partial charge on any atom is -0.365 e. The number of nitrogens with one attached hydrogen (secondary N) is 1. The van der Waals surface area contributed by atoms with Crippen LogP contribution in [0.3, 0.4) is 0 Å². The molecule has 3 atom stereocenters. The van der Waals surface area contributed by atoms with E-state index in [0.717, 1.165) is 13.1 Å². The van der Waals surface area contributed by atoms with Gasteiger partial charge in [0, 0.05) is 35.3 Å². The molecule has 21 heavy (non-hydrogen) atoms. The van der Waals surface area contributed by atoms with E-state index in [-0.39, 0.29) is 0 Å². The molecule has 1 heterocycles. The van der Waals surface area contributed by atoms with E-state index in [2.05, 4.69) is 79.0 Å². The molecule has 0 aromatic heterocycles. The zero-order valence-corrected chi connectivity index (χ0v) is 15.6. The van der Waals surface area contributed by atoms with Crippen molar-refractivity contribution < 1.29 is 0 Å². The summed E-state index contributed by atoms with van der Waals surface area (Å²) in [5.74, 6) is 1.36. The van der Waals surface area contributed by atoms with Crippen LogP contribution in [0.15, 0.2) is 22.7 Å². The van der Waals surface area contributed by atoms with Gasteiger partial charge < -0.3 is 10.2 Å². The molecule has 2 nitrogen and oxygen atoms in total. The average molecular weight is 353 g/mol. The fraction of sp³-hybridized carbons (Fsp3) is 0.667. The summed E-state index contributed by atoms with van der Waals surface area (Å²) in [7, 11) is 0. The van der Waals surface area contributed by atoms with Crippen molar-refractivity contribution in [3.8, 4) is 0 Å². The first kappa shape index (κ1) is 16.8. The van der Waals surface area contributed by atoms with Crippen molar-refractivity contribution in [2.45, 2.75) is 53.1 Å². The number of hydrogen-bond donors (Lipinski definition) is 1. The van der Waals surface area contributed by atoms with Gasteiger partial charge in [0.2, 0.25) is 0 Å². The van der Waals surface area contributed by atoms with Gasteiger partial charge in [0.25, 0.3) is 0 Å². The second-order valence-electron chi connectivity index (χ2n) is 6.75. The lowest BCUT2D eigenvalue weighted by atomic mass is 9.91. The van der Waals surface area contributed by atoms with Crippen molar-refractivity contribution in [2.75, 3.05) is 18.0 Å². The summed E-state index contributed by atoms with van der Waals surface area (Å²) >= 11 is 3.69. The first-order valence-corrected chi connectivity index (χ1v) is 9.00. The van der Waals surface area contributed by atoms with Crippen LogP contribution >= 0.6 is 15.9 Å². The molecule has 1 aliphatic rings. The normalized spacial score (nSPS) is 24.4. The molecule has 1 aliphatic heterocycles. The Morgan fingerprint density at radius 1 is 1.33 bits per heavy atom. The van der Waals surface area contributed by atoms with Crippen molar-refractivity contribution in [1.29, 1.82) is 0 Å². The minimum atomic E-state index is 0.568. The lowest BCUT2D eigenvalue weighted by Gasteiger charge is -2.46. The lowest BCUT2D eigenvalue weighted by molar-refractivity contribution is 0.281. The zero-order chi connectivity index (χ0) is 15.6. The molecule has 0 radical (unpaired) electrons. The van der Waals surface area contributed by atoms with E-state index in [1.54, 1.807) is 0 Å². The highest BCUT2D eigenvalue weighted by atomic mass is 79.9. The van der Waals surface area contributed by atoms with Crippen LogP contribution in [0.4, 0.5) is 5.69 Å². The maximum absolute atomic E-state index is 3.78. The van der Waals surface area contributed by atoms with Gasteiger partial charge in [-0.15, -0.1) is 0 Å². The van der Waals surface area contributed by atoms with Crippen LogP contribution in [0.2, 0.25) is 0 Å². The lowest BCUT2D eigenvalue weighted by Crippen LogP contribution is -2.60. The van der Waals surface area contributed by atoms with Gasteiger partial charge in [0.1, 0.15) is 0 Å². The monoisotopic (exact) mass is 352 g/mol. The van der Waals surface area contributed by atoms with Gasteiger partial charge in [-0.25, -0.2) is 0 Å². The third kappa shape index (κ3) is 3.62. The highest BCUT2D eigenvalue weighted by Gasteiger charge is 2.32. The summed E-state index contributed by atoms with van der Waals surface area (Å²) in [6, 6.07) is 7.72. The molecule has 0 amide bonds. The second-order valence-corrected chi connectivity index (χ2v) is 7.60. The van der Waals surface area contributed by atoms with E-state index in [9.17, 15) is 0 Å². The smallest absolute Gasteiger partial charge is 0.0438 e. The Morgan fingerprint density at radius 3 is 2.67 bits per heavy atom. The topological polar surface area (TPSA) is 15.3 Å². The third-order valence-electron chi connectivity index (χ3n) is 5.03. The fourth-order valence-electron chi connectivity index (χ4n) is 3.24. The Hall–Kier alpha value is -0.540. The fourth-order valence-corrected chi connectivity index (χ4v) is 3.60. The summed E-state index contributed by atoms with van der Waals surface area (Å²) < 4.78 is 1.21. The Labute approximate surface area is 138 Å². The molecule has 0 aliphatic carbocycles. The van der Waals surface area contributed by atoms with E-state index < -0.39 is 0 Å². The van der Waals surface area contributed by atoms with Crippen molar-refractivity contribution in [1.82, 2.24) is 5.32 Å². The van der Waals surface area contributed by atoms with Crippen LogP contribution < -0.4 is 10.2 Å². The largest absolute Gasteiger partial charge is 0.365 e. The number of benzene rings is 1. The summed E-state index contributed by atoms with van der Waals surface area (Å²) in [6.45, 7) is 13.7. The predicted molar refractivity (Wildman–Crippen MR) is 96.1 cm³/mol. The summed E-state index contributed by atoms with van der Waals surface area (Å²) in [5, 5.41) is 3.78. The predicted octanol–water partition coefficient (Wildman–Crippen LogP) is 4.61. The Kier molecular flexibility index (Phi) is 5.73. The van der Waals surface area contributed by atoms with Crippen LogP contribution in [0.1, 0.15) is 39.7 Å². The molecule has 3 unspecified atom stereocenters. The number of rotatable bonds is 4. The van der Waals surface area contributed by atoms with E-state index in [0.29, 0.717) is 23.9 Å². The number of nitrogens with zero attached hydrogens (tertiary/aromatic N) is 1. The van der Waals surface area contributed by atoms with Crippen LogP contribution in [0.25, 0.3) is 0 Å². The van der Waals surface area contributed by atoms with Crippen molar-refractivity contribution in [3.63, 3.8) is 0 Å². The SMILES string of the molecule is CCC(C)C1CN(c2cccc(Br)c2C)C(C(C)C)CN1. The molecule has 3 heteroatoms. The van der Waals surface area contributed by atoms with Crippen molar-refractivity contribution >= 4 is 21.6 Å². The molecule has 0 saturated carbocycles. The number of halogens is 1. The quantitative estimate of drug-likeness (QED) is 0.851. The van der Waals surface area contributed by atoms with Gasteiger partial charge in [-0.1, -0.05) is 56.1 Å². The molecule has 2 rings (SSSR count). The first-order valence-electron chi connectivity index (χ1n) is 8.20. The summed E-state index contributed by atoms with van der Waals surface area (Å²) in [4.78, 5) is 2.64. The van der Waals surface area contributed by atoms with Crippen LogP contribution in [0.5, 0.6) is 0 Å². The first-order chi connectivity index (χ1) is 9.95. The molecule has 1 aromatic rings. The molecular weight excluding hydrogens is 324 g/mol. The van der Waals surface area contributed by atoms with Gasteiger partial charge in [-0.2, -0.15) is 0 Å². The molecular formula is C18H29BrN2. The molecule has 1 N–H and O–H groups in total. The van der Waals surface area contributed by atoms with E-state index in [4.69, 9.17) is 0 Å². The third-order valence-corrected chi connectivity index (χ3v) is 5.89. The van der Waals surface area contributed by atoms with Crippen LogP contribution in [-0.4, -0.2) is 25.2 Å². The zero-order valence-electron chi connectivity index (χ0n) is 14.0. The molecule has 1 fully saturated rings. The van der Waals surface area contributed by atoms with Crippen molar-refractivity contribution in [2.24, 2.45) is 11.8 Å². The van der Waals surface area contributed by atoms with Gasteiger partial charge in [-0.3, -0.25) is 0 Å². The summed E-state index contributed by atoms with van der Waals surface area (Å²) in [6.07, 6.45) is 1.23. The molecule has 118 valence electrons. The number of hydrogen-bond acceptors (Lipinski definition) is 2. The van der Waals surface area contributed by atoms with Gasteiger partial charge >= 0.3 is 0 Å². The molecule has 1 aromatic carbocycles. The minimum absolute atomic E-state index is 0.568. The Bertz CT molecular complexity index is 472. The van der Waals surface area contributed by atoms with Gasteiger partial charge in [0.05, 0.1) is 0 Å². The van der Waals surface area contributed by atoms with Gasteiger partial charge in [0.15, 0.2) is 0 Å².